The van der Waals surface area contributed by atoms with E-state index in [-0.39, 0.29) is 23.9 Å². The van der Waals surface area contributed by atoms with E-state index in [1.807, 2.05) is 47.2 Å². The monoisotopic (exact) mass is 496 g/mol. The second-order valence-corrected chi connectivity index (χ2v) is 10.5. The molecule has 2 aromatic carbocycles. The molecule has 6 heteroatoms. The van der Waals surface area contributed by atoms with Crippen LogP contribution in [0.15, 0.2) is 79.0 Å². The molecule has 1 fully saturated rings. The van der Waals surface area contributed by atoms with Gasteiger partial charge in [0, 0.05) is 38.9 Å². The van der Waals surface area contributed by atoms with Gasteiger partial charge >= 0.3 is 0 Å². The zero-order valence-electron chi connectivity index (χ0n) is 21.8. The van der Waals surface area contributed by atoms with Crippen LogP contribution >= 0.6 is 0 Å². The molecular formula is C31H36N4O2. The lowest BCUT2D eigenvalue weighted by atomic mass is 9.84. The second kappa shape index (κ2) is 11.3. The zero-order chi connectivity index (χ0) is 25.8. The maximum absolute atomic E-state index is 13.6. The Morgan fingerprint density at radius 1 is 0.946 bits per heavy atom. The number of likely N-dealkylation sites (tertiary alicyclic amines) is 1. The van der Waals surface area contributed by atoms with Crippen LogP contribution in [0, 0.1) is 5.92 Å². The van der Waals surface area contributed by atoms with E-state index in [9.17, 15) is 9.59 Å². The maximum Gasteiger partial charge on any atom is 0.272 e. The van der Waals surface area contributed by atoms with Crippen LogP contribution in [0.3, 0.4) is 0 Å². The molecule has 6 nitrogen and oxygen atoms in total. The summed E-state index contributed by atoms with van der Waals surface area (Å²) in [4.78, 5) is 37.3. The van der Waals surface area contributed by atoms with Crippen molar-refractivity contribution < 1.29 is 9.59 Å². The summed E-state index contributed by atoms with van der Waals surface area (Å²) < 4.78 is 0. The van der Waals surface area contributed by atoms with Crippen molar-refractivity contribution in [1.29, 1.82) is 0 Å². The molecule has 1 aromatic heterocycles. The van der Waals surface area contributed by atoms with Crippen molar-refractivity contribution in [1.82, 2.24) is 19.7 Å². The van der Waals surface area contributed by atoms with Crippen molar-refractivity contribution in [2.75, 3.05) is 27.2 Å². The third kappa shape index (κ3) is 5.59. The number of likely N-dealkylation sites (N-methyl/N-ethyl adjacent to an activating group) is 2. The summed E-state index contributed by atoms with van der Waals surface area (Å²) in [6.07, 6.45) is 4.99. The Morgan fingerprint density at radius 3 is 2.32 bits per heavy atom. The minimum Gasteiger partial charge on any atom is -0.341 e. The third-order valence-corrected chi connectivity index (χ3v) is 8.15. The molecule has 2 aliphatic heterocycles. The van der Waals surface area contributed by atoms with Gasteiger partial charge < -0.3 is 9.80 Å². The minimum atomic E-state index is -0.111. The molecule has 0 radical (unpaired) electrons. The average Bonchev–Trinajstić information content (AvgIpc) is 2.95. The van der Waals surface area contributed by atoms with E-state index in [1.165, 1.54) is 16.7 Å². The minimum absolute atomic E-state index is 0.0402. The lowest BCUT2D eigenvalue weighted by molar-refractivity contribution is -0.138. The van der Waals surface area contributed by atoms with Gasteiger partial charge in [0.25, 0.3) is 5.91 Å². The number of hydrogen-bond donors (Lipinski definition) is 0. The Balaban J connectivity index is 1.28. The van der Waals surface area contributed by atoms with Crippen LogP contribution in [-0.2, 0) is 24.2 Å². The largest absolute Gasteiger partial charge is 0.341 e. The Labute approximate surface area is 219 Å². The molecule has 2 aliphatic rings. The van der Waals surface area contributed by atoms with E-state index in [0.29, 0.717) is 11.6 Å². The molecular weight excluding hydrogens is 460 g/mol. The normalized spacial score (nSPS) is 19.2. The van der Waals surface area contributed by atoms with Gasteiger partial charge in [0.15, 0.2) is 0 Å². The van der Waals surface area contributed by atoms with Crippen molar-refractivity contribution in [2.45, 2.75) is 44.3 Å². The van der Waals surface area contributed by atoms with Crippen molar-refractivity contribution >= 4 is 11.8 Å². The molecule has 37 heavy (non-hydrogen) atoms. The number of hydrogen-bond acceptors (Lipinski definition) is 4. The topological polar surface area (TPSA) is 56.8 Å². The fourth-order valence-corrected chi connectivity index (χ4v) is 5.94. The summed E-state index contributed by atoms with van der Waals surface area (Å²) in [7, 11) is 3.95. The molecule has 192 valence electrons. The lowest BCUT2D eigenvalue weighted by Crippen LogP contribution is -2.54. The first kappa shape index (κ1) is 25.2. The average molecular weight is 497 g/mol. The third-order valence-electron chi connectivity index (χ3n) is 8.15. The molecule has 2 atom stereocenters. The first-order chi connectivity index (χ1) is 18.0. The van der Waals surface area contributed by atoms with Gasteiger partial charge in [0.1, 0.15) is 5.69 Å². The summed E-state index contributed by atoms with van der Waals surface area (Å²) in [5, 5.41) is 0. The summed E-state index contributed by atoms with van der Waals surface area (Å²) in [6.45, 7) is 2.27. The number of carbonyl (C=O) groups excluding carboxylic acids is 2. The number of amides is 2. The quantitative estimate of drug-likeness (QED) is 0.517. The van der Waals surface area contributed by atoms with Crippen LogP contribution in [0.4, 0.5) is 0 Å². The molecule has 2 amide bonds. The number of carbonyl (C=O) groups is 2. The molecule has 0 N–H and O–H groups in total. The molecule has 3 aromatic rings. The van der Waals surface area contributed by atoms with E-state index in [1.54, 1.807) is 12.3 Å². The summed E-state index contributed by atoms with van der Waals surface area (Å²) in [5.74, 6) is 0.488. The van der Waals surface area contributed by atoms with E-state index in [2.05, 4.69) is 53.3 Å². The molecule has 2 unspecified atom stereocenters. The predicted octanol–water partition coefficient (Wildman–Crippen LogP) is 4.06. The highest BCUT2D eigenvalue weighted by Gasteiger charge is 2.37. The molecule has 0 spiro atoms. The van der Waals surface area contributed by atoms with Crippen LogP contribution in [-0.4, -0.2) is 70.8 Å². The highest BCUT2D eigenvalue weighted by atomic mass is 16.2. The number of benzene rings is 2. The van der Waals surface area contributed by atoms with Crippen LogP contribution in [0.25, 0.3) is 0 Å². The van der Waals surface area contributed by atoms with Crippen LogP contribution in [0.5, 0.6) is 0 Å². The molecule has 0 aliphatic carbocycles. The number of piperidine rings is 1. The van der Waals surface area contributed by atoms with Crippen LogP contribution in [0.1, 0.15) is 40.0 Å². The molecule has 0 saturated carbocycles. The smallest absolute Gasteiger partial charge is 0.272 e. The van der Waals surface area contributed by atoms with Crippen molar-refractivity contribution in [3.8, 4) is 0 Å². The number of fused-ring (bicyclic) bond motifs is 1. The Bertz CT molecular complexity index is 1210. The Kier molecular flexibility index (Phi) is 7.65. The van der Waals surface area contributed by atoms with E-state index in [4.69, 9.17) is 0 Å². The maximum atomic E-state index is 13.6. The summed E-state index contributed by atoms with van der Waals surface area (Å²) >= 11 is 0. The van der Waals surface area contributed by atoms with Gasteiger partial charge in [-0.3, -0.25) is 19.5 Å². The Morgan fingerprint density at radius 2 is 1.62 bits per heavy atom. The first-order valence-electron chi connectivity index (χ1n) is 13.3. The molecule has 3 heterocycles. The van der Waals surface area contributed by atoms with Crippen LogP contribution < -0.4 is 0 Å². The van der Waals surface area contributed by atoms with Gasteiger partial charge in [0.05, 0.1) is 6.04 Å². The number of pyridine rings is 1. The van der Waals surface area contributed by atoms with Crippen molar-refractivity contribution in [3.63, 3.8) is 0 Å². The predicted molar refractivity (Wildman–Crippen MR) is 145 cm³/mol. The first-order valence-corrected chi connectivity index (χ1v) is 13.3. The summed E-state index contributed by atoms with van der Waals surface area (Å²) in [5.41, 5.74) is 4.29. The second-order valence-electron chi connectivity index (χ2n) is 10.5. The zero-order valence-corrected chi connectivity index (χ0v) is 21.8. The van der Waals surface area contributed by atoms with Gasteiger partial charge in [0.2, 0.25) is 5.91 Å². The van der Waals surface area contributed by atoms with Gasteiger partial charge in [-0.1, -0.05) is 60.7 Å². The van der Waals surface area contributed by atoms with Gasteiger partial charge in [-0.2, -0.15) is 0 Å². The summed E-state index contributed by atoms with van der Waals surface area (Å²) in [6, 6.07) is 24.2. The lowest BCUT2D eigenvalue weighted by Gasteiger charge is -2.42. The fraction of sp³-hybridized carbons (Fsp3) is 0.387. The van der Waals surface area contributed by atoms with Gasteiger partial charge in [-0.15, -0.1) is 0 Å². The van der Waals surface area contributed by atoms with Crippen LogP contribution in [0.2, 0.25) is 0 Å². The molecule has 0 bridgehead atoms. The molecule has 5 rings (SSSR count). The number of aromatic nitrogens is 1. The SMILES string of the molecule is CN1Cc2ccccc2CC1C(=O)N1CCC(C(Cc2ccccc2)N(C)C(=O)c2ccccn2)CC1. The van der Waals surface area contributed by atoms with Gasteiger partial charge in [-0.25, -0.2) is 0 Å². The Hall–Kier alpha value is -3.51. The highest BCUT2D eigenvalue weighted by Crippen LogP contribution is 2.29. The molecule has 1 saturated heterocycles. The number of rotatable bonds is 6. The van der Waals surface area contributed by atoms with E-state index < -0.39 is 0 Å². The van der Waals surface area contributed by atoms with E-state index >= 15 is 0 Å². The fourth-order valence-electron chi connectivity index (χ4n) is 5.94. The highest BCUT2D eigenvalue weighted by molar-refractivity contribution is 5.92. The van der Waals surface area contributed by atoms with Crippen molar-refractivity contribution in [2.24, 2.45) is 5.92 Å². The standard InChI is InChI=1S/C31H36N4O2/c1-33-22-26-13-7-6-12-25(26)21-29(33)31(37)35-18-15-24(16-19-35)28(20-23-10-4-3-5-11-23)34(2)30(36)27-14-8-9-17-32-27/h3-14,17,24,28-29H,15-16,18-22H2,1-2H3. The van der Waals surface area contributed by atoms with E-state index in [0.717, 1.165) is 45.3 Å². The van der Waals surface area contributed by atoms with Gasteiger partial charge in [-0.05, 0) is 67.5 Å². The van der Waals surface area contributed by atoms with Crippen molar-refractivity contribution in [3.05, 3.63) is 101 Å². The number of nitrogens with zero attached hydrogens (tertiary/aromatic N) is 4.